The van der Waals surface area contributed by atoms with Crippen LogP contribution in [0.3, 0.4) is 0 Å². The maximum atomic E-state index is 10.3. The molecular weight excluding hydrogens is 273 g/mol. The number of phosphoric acid groups is 1. The summed E-state index contributed by atoms with van der Waals surface area (Å²) in [6.07, 6.45) is 0. The molecule has 1 saturated heterocycles. The molecule has 0 radical (unpaired) electrons. The largest absolute Gasteiger partial charge is 0.469 e. The fourth-order valence-electron chi connectivity index (χ4n) is 1.21. The van der Waals surface area contributed by atoms with Gasteiger partial charge in [0.1, 0.15) is 0 Å². The molecule has 1 aliphatic rings. The van der Waals surface area contributed by atoms with Gasteiger partial charge in [0.15, 0.2) is 0 Å². The van der Waals surface area contributed by atoms with Crippen molar-refractivity contribution in [2.24, 2.45) is 5.92 Å². The van der Waals surface area contributed by atoms with Crippen molar-refractivity contribution < 1.29 is 18.9 Å². The normalized spacial score (nSPS) is 18.5. The van der Waals surface area contributed by atoms with Gasteiger partial charge in [-0.2, -0.15) is 0 Å². The molecule has 0 saturated carbocycles. The molecule has 14 heavy (non-hydrogen) atoms. The van der Waals surface area contributed by atoms with E-state index >= 15 is 0 Å². The van der Waals surface area contributed by atoms with Crippen LogP contribution >= 0.6 is 23.8 Å². The summed E-state index contributed by atoms with van der Waals surface area (Å²) >= 11 is 3.02. The van der Waals surface area contributed by atoms with E-state index in [4.69, 9.17) is 9.79 Å². The summed E-state index contributed by atoms with van der Waals surface area (Å²) < 4.78 is 14.6. The smallest absolute Gasteiger partial charge is 0.303 e. The van der Waals surface area contributed by atoms with Crippen molar-refractivity contribution in [2.75, 3.05) is 26.2 Å². The van der Waals surface area contributed by atoms with Gasteiger partial charge in [0.05, 0.1) is 6.61 Å². The number of hydrogen-bond donors (Lipinski definition) is 2. The zero-order chi connectivity index (χ0) is 10.6. The number of nitrogens with zero attached hydrogens (tertiary/aromatic N) is 1. The third-order valence-electron chi connectivity index (χ3n) is 1.88. The van der Waals surface area contributed by atoms with Gasteiger partial charge in [-0.3, -0.25) is 9.42 Å². The van der Waals surface area contributed by atoms with E-state index in [1.165, 1.54) is 0 Å². The van der Waals surface area contributed by atoms with Gasteiger partial charge in [-0.05, 0) is 4.83 Å². The molecule has 2 N–H and O–H groups in total. The summed E-state index contributed by atoms with van der Waals surface area (Å²) in [7, 11) is -4.30. The van der Waals surface area contributed by atoms with Crippen LogP contribution in [0.1, 0.15) is 0 Å². The Kier molecular flexibility index (Phi) is 4.58. The number of rotatable bonds is 4. The minimum absolute atomic E-state index is 0.0543. The topological polar surface area (TPSA) is 70.0 Å². The van der Waals surface area contributed by atoms with Crippen LogP contribution in [0.5, 0.6) is 0 Å². The predicted molar refractivity (Wildman–Crippen MR) is 54.6 cm³/mol. The monoisotopic (exact) mass is 283 g/mol. The van der Waals surface area contributed by atoms with Crippen LogP contribution < -0.4 is 0 Å². The highest BCUT2D eigenvalue weighted by Crippen LogP contribution is 2.35. The van der Waals surface area contributed by atoms with Gasteiger partial charge in [-0.15, -0.1) is 0 Å². The highest BCUT2D eigenvalue weighted by Gasteiger charge is 2.25. The Morgan fingerprint density at radius 2 is 2.21 bits per heavy atom. The first-order valence-corrected chi connectivity index (χ1v) is 6.37. The molecule has 0 aromatic carbocycles. The second-order valence-corrected chi connectivity index (χ2v) is 4.65. The molecule has 0 unspecified atom stereocenters. The van der Waals surface area contributed by atoms with Crippen LogP contribution in [0.15, 0.2) is 0 Å². The molecule has 5 nitrogen and oxygen atoms in total. The Bertz CT molecular complexity index is 288. The van der Waals surface area contributed by atoms with Gasteiger partial charge in [0.2, 0.25) is 0 Å². The van der Waals surface area contributed by atoms with Crippen molar-refractivity contribution in [2.45, 2.75) is 0 Å². The summed E-state index contributed by atoms with van der Waals surface area (Å²) in [5.41, 5.74) is 0. The molecule has 0 aromatic rings. The summed E-state index contributed by atoms with van der Waals surface area (Å²) in [4.78, 5) is 21.5. The van der Waals surface area contributed by atoms with E-state index in [1.54, 1.807) is 0 Å². The third kappa shape index (κ3) is 4.56. The van der Waals surface area contributed by atoms with E-state index in [0.717, 1.165) is 13.1 Å². The van der Waals surface area contributed by atoms with E-state index in [0.29, 0.717) is 12.5 Å². The molecule has 0 bridgehead atoms. The minimum Gasteiger partial charge on any atom is -0.303 e. The fourth-order valence-corrected chi connectivity index (χ4v) is 1.85. The van der Waals surface area contributed by atoms with Crippen LogP contribution in [0, 0.1) is 16.7 Å². The van der Waals surface area contributed by atoms with Gasteiger partial charge in [0.25, 0.3) is 0 Å². The van der Waals surface area contributed by atoms with Gasteiger partial charge in [-0.25, -0.2) is 4.57 Å². The first kappa shape index (κ1) is 12.2. The molecule has 0 atom stereocenters. The Morgan fingerprint density at radius 3 is 2.71 bits per heavy atom. The lowest BCUT2D eigenvalue weighted by Crippen LogP contribution is -2.47. The summed E-state index contributed by atoms with van der Waals surface area (Å²) in [5.74, 6) is 3.31. The second kappa shape index (κ2) is 5.26. The highest BCUT2D eigenvalue weighted by atomic mass is 79.9. The number of halogens is 1. The standard InChI is InChI=1S/C7H11BrNO4P/c8-2-1-7-5-9(6-7)3-4-13-14(10,11)12/h7H,3-6H2,(H2,10,11,12). The van der Waals surface area contributed by atoms with Crippen molar-refractivity contribution in [3.05, 3.63) is 0 Å². The highest BCUT2D eigenvalue weighted by molar-refractivity contribution is 9.12. The lowest BCUT2D eigenvalue weighted by molar-refractivity contribution is 0.0997. The molecule has 0 aliphatic carbocycles. The lowest BCUT2D eigenvalue weighted by atomic mass is 10.0. The summed E-state index contributed by atoms with van der Waals surface area (Å²) in [6, 6.07) is 0. The number of hydrogen-bond acceptors (Lipinski definition) is 3. The van der Waals surface area contributed by atoms with Crippen LogP contribution in [0.2, 0.25) is 0 Å². The molecule has 1 fully saturated rings. The Balaban J connectivity index is 2.06. The van der Waals surface area contributed by atoms with E-state index in [-0.39, 0.29) is 6.61 Å². The Hall–Kier alpha value is 0.110. The predicted octanol–water partition coefficient (Wildman–Crippen LogP) is 0.383. The first-order valence-electron chi connectivity index (χ1n) is 4.05. The quantitative estimate of drug-likeness (QED) is 0.577. The van der Waals surface area contributed by atoms with E-state index in [1.807, 2.05) is 4.90 Å². The van der Waals surface area contributed by atoms with Crippen LogP contribution in [-0.2, 0) is 9.09 Å². The third-order valence-corrected chi connectivity index (χ3v) is 2.63. The molecule has 0 amide bonds. The van der Waals surface area contributed by atoms with Crippen LogP contribution in [0.25, 0.3) is 0 Å². The number of likely N-dealkylation sites (tertiary alicyclic amines) is 1. The zero-order valence-electron chi connectivity index (χ0n) is 7.39. The molecule has 0 spiro atoms. The van der Waals surface area contributed by atoms with E-state index < -0.39 is 7.82 Å². The van der Waals surface area contributed by atoms with Crippen molar-refractivity contribution in [1.82, 2.24) is 4.90 Å². The average Bonchev–Trinajstić information content (AvgIpc) is 1.97. The van der Waals surface area contributed by atoms with E-state index in [2.05, 4.69) is 31.2 Å². The summed E-state index contributed by atoms with van der Waals surface area (Å²) in [6.45, 7) is 2.26. The maximum Gasteiger partial charge on any atom is 0.469 e. The van der Waals surface area contributed by atoms with Gasteiger partial charge >= 0.3 is 7.82 Å². The van der Waals surface area contributed by atoms with Gasteiger partial charge < -0.3 is 9.79 Å². The zero-order valence-corrected chi connectivity index (χ0v) is 9.87. The average molecular weight is 284 g/mol. The molecule has 1 rings (SSSR count). The van der Waals surface area contributed by atoms with Gasteiger partial charge in [0, 0.05) is 41.5 Å². The van der Waals surface area contributed by atoms with Gasteiger partial charge in [-0.1, -0.05) is 5.92 Å². The summed E-state index contributed by atoms with van der Waals surface area (Å²) in [5, 5.41) is 0. The van der Waals surface area contributed by atoms with Crippen molar-refractivity contribution in [3.8, 4) is 10.8 Å². The molecule has 1 aliphatic heterocycles. The molecule has 1 heterocycles. The van der Waals surface area contributed by atoms with Crippen molar-refractivity contribution in [3.63, 3.8) is 0 Å². The second-order valence-electron chi connectivity index (χ2n) is 3.02. The van der Waals surface area contributed by atoms with E-state index in [9.17, 15) is 4.57 Å². The van der Waals surface area contributed by atoms with Crippen molar-refractivity contribution >= 4 is 23.8 Å². The van der Waals surface area contributed by atoms with Crippen LogP contribution in [-0.4, -0.2) is 40.9 Å². The fraction of sp³-hybridized carbons (Fsp3) is 0.714. The molecule has 80 valence electrons. The minimum atomic E-state index is -4.30. The van der Waals surface area contributed by atoms with Crippen LogP contribution in [0.4, 0.5) is 0 Å². The lowest BCUT2D eigenvalue weighted by Gasteiger charge is -2.35. The van der Waals surface area contributed by atoms with Crippen molar-refractivity contribution in [1.29, 1.82) is 0 Å². The Labute approximate surface area is 90.8 Å². The SMILES string of the molecule is O=P(O)(O)OCCN1CC(C#CBr)C1. The Morgan fingerprint density at radius 1 is 1.57 bits per heavy atom. The molecular formula is C7H11BrNO4P. The molecule has 7 heteroatoms. The maximum absolute atomic E-state index is 10.3. The number of phosphoric ester groups is 1. The molecule has 0 aromatic heterocycles. The first-order chi connectivity index (χ1) is 6.51.